The number of nitrogens with zero attached hydrogens (tertiary/aromatic N) is 1. The van der Waals surface area contributed by atoms with Crippen molar-refractivity contribution in [3.63, 3.8) is 0 Å². The molecular weight excluding hydrogens is 302 g/mol. The summed E-state index contributed by atoms with van der Waals surface area (Å²) in [7, 11) is 0. The highest BCUT2D eigenvalue weighted by Crippen LogP contribution is 2.24. The van der Waals surface area contributed by atoms with Crippen molar-refractivity contribution in [1.82, 2.24) is 10.3 Å². The van der Waals surface area contributed by atoms with Crippen LogP contribution in [0.1, 0.15) is 30.5 Å². The van der Waals surface area contributed by atoms with Gasteiger partial charge in [0.05, 0.1) is 12.2 Å². The van der Waals surface area contributed by atoms with E-state index in [0.29, 0.717) is 11.7 Å². The van der Waals surface area contributed by atoms with Gasteiger partial charge in [-0.3, -0.25) is 10.1 Å². The Morgan fingerprint density at radius 2 is 1.71 bits per heavy atom. The predicted molar refractivity (Wildman–Crippen MR) is 91.9 cm³/mol. The first-order valence-electron chi connectivity index (χ1n) is 7.76. The first-order chi connectivity index (χ1) is 11.6. The van der Waals surface area contributed by atoms with Crippen LogP contribution < -0.4 is 11.1 Å². The zero-order chi connectivity index (χ0) is 16.9. The van der Waals surface area contributed by atoms with E-state index >= 15 is 0 Å². The maximum absolute atomic E-state index is 11.8. The van der Waals surface area contributed by atoms with Gasteiger partial charge in [0, 0.05) is 5.56 Å². The number of aromatic nitrogens is 1. The van der Waals surface area contributed by atoms with Crippen LogP contribution in [0, 0.1) is 0 Å². The molecule has 1 aromatic heterocycles. The molecule has 5 nitrogen and oxygen atoms in total. The molecule has 3 aromatic rings. The molecule has 0 unspecified atom stereocenters. The summed E-state index contributed by atoms with van der Waals surface area (Å²) in [5, 5.41) is 3.18. The van der Waals surface area contributed by atoms with Gasteiger partial charge in [-0.25, -0.2) is 4.98 Å². The summed E-state index contributed by atoms with van der Waals surface area (Å²) in [6.07, 6.45) is 1.69. The van der Waals surface area contributed by atoms with E-state index in [2.05, 4.69) is 10.3 Å². The first kappa shape index (κ1) is 16.0. The van der Waals surface area contributed by atoms with E-state index in [9.17, 15) is 4.79 Å². The van der Waals surface area contributed by atoms with E-state index in [1.165, 1.54) is 0 Å². The Kier molecular flexibility index (Phi) is 4.72. The van der Waals surface area contributed by atoms with Gasteiger partial charge in [0.25, 0.3) is 0 Å². The second-order valence-electron chi connectivity index (χ2n) is 5.56. The lowest BCUT2D eigenvalue weighted by Crippen LogP contribution is -2.35. The number of oxazole rings is 1. The largest absolute Gasteiger partial charge is 0.439 e. The molecule has 0 aliphatic carbocycles. The number of carbonyl (C=O) groups is 1. The minimum atomic E-state index is -0.603. The molecule has 5 heteroatoms. The highest BCUT2D eigenvalue weighted by molar-refractivity contribution is 5.81. The monoisotopic (exact) mass is 321 g/mol. The zero-order valence-corrected chi connectivity index (χ0v) is 13.3. The van der Waals surface area contributed by atoms with Crippen molar-refractivity contribution < 1.29 is 9.21 Å². The summed E-state index contributed by atoms with van der Waals surface area (Å²) in [5.74, 6) is 0.758. The summed E-state index contributed by atoms with van der Waals surface area (Å²) >= 11 is 0. The number of primary amides is 1. The van der Waals surface area contributed by atoms with E-state index in [4.69, 9.17) is 10.2 Å². The highest BCUT2D eigenvalue weighted by Gasteiger charge is 2.22. The van der Waals surface area contributed by atoms with Crippen molar-refractivity contribution >= 4 is 5.91 Å². The Bertz CT molecular complexity index is 800. The smallest absolute Gasteiger partial charge is 0.239 e. The predicted octanol–water partition coefficient (Wildman–Crippen LogP) is 3.22. The van der Waals surface area contributed by atoms with Gasteiger partial charge >= 0.3 is 0 Å². The first-order valence-corrected chi connectivity index (χ1v) is 7.76. The van der Waals surface area contributed by atoms with E-state index < -0.39 is 11.9 Å². The number of hydrogen-bond donors (Lipinski definition) is 2. The van der Waals surface area contributed by atoms with Gasteiger partial charge < -0.3 is 10.2 Å². The number of nitrogens with two attached hydrogens (primary N) is 1. The molecule has 3 rings (SSSR count). The molecule has 1 heterocycles. The Labute approximate surface area is 140 Å². The number of benzene rings is 2. The Balaban J connectivity index is 1.78. The molecule has 0 aliphatic heterocycles. The molecule has 24 heavy (non-hydrogen) atoms. The lowest BCUT2D eigenvalue weighted by atomic mass is 10.1. The Morgan fingerprint density at radius 3 is 2.33 bits per heavy atom. The van der Waals surface area contributed by atoms with Crippen molar-refractivity contribution in [1.29, 1.82) is 0 Å². The van der Waals surface area contributed by atoms with Crippen LogP contribution in [0.25, 0.3) is 11.3 Å². The number of hydrogen-bond acceptors (Lipinski definition) is 4. The van der Waals surface area contributed by atoms with Crippen LogP contribution >= 0.6 is 0 Å². The summed E-state index contributed by atoms with van der Waals surface area (Å²) in [5.41, 5.74) is 7.31. The maximum Gasteiger partial charge on any atom is 0.239 e. The normalized spacial score (nSPS) is 13.4. The van der Waals surface area contributed by atoms with E-state index in [1.807, 2.05) is 67.6 Å². The average molecular weight is 321 g/mol. The summed E-state index contributed by atoms with van der Waals surface area (Å²) in [6, 6.07) is 18.2. The number of carbonyl (C=O) groups excluding carboxylic acids is 1. The SMILES string of the molecule is C[C@@H](N[C@H](C(N)=O)c1ccccc1)c1ncc(-c2ccccc2)o1. The molecule has 3 N–H and O–H groups in total. The molecule has 122 valence electrons. The molecule has 0 radical (unpaired) electrons. The van der Waals surface area contributed by atoms with Gasteiger partial charge in [0.1, 0.15) is 6.04 Å². The number of amides is 1. The summed E-state index contributed by atoms with van der Waals surface area (Å²) in [4.78, 5) is 16.1. The fourth-order valence-electron chi connectivity index (χ4n) is 2.53. The average Bonchev–Trinajstić information content (AvgIpc) is 3.11. The molecule has 0 saturated heterocycles. The lowest BCUT2D eigenvalue weighted by molar-refractivity contribution is -0.120. The number of rotatable bonds is 6. The van der Waals surface area contributed by atoms with Gasteiger partial charge in [-0.05, 0) is 12.5 Å². The van der Waals surface area contributed by atoms with Crippen molar-refractivity contribution in [2.24, 2.45) is 5.73 Å². The second kappa shape index (κ2) is 7.10. The van der Waals surface area contributed by atoms with Gasteiger partial charge in [-0.1, -0.05) is 60.7 Å². The van der Waals surface area contributed by atoms with Gasteiger partial charge in [-0.2, -0.15) is 0 Å². The third-order valence-corrected chi connectivity index (χ3v) is 3.79. The van der Waals surface area contributed by atoms with E-state index in [-0.39, 0.29) is 6.04 Å². The third-order valence-electron chi connectivity index (χ3n) is 3.79. The standard InChI is InChI=1S/C19H19N3O2/c1-13(22-17(18(20)23)15-10-6-3-7-11-15)19-21-12-16(24-19)14-8-4-2-5-9-14/h2-13,17,22H,1H3,(H2,20,23)/t13-,17+/m1/s1. The zero-order valence-electron chi connectivity index (χ0n) is 13.3. The fourth-order valence-corrected chi connectivity index (χ4v) is 2.53. The second-order valence-corrected chi connectivity index (χ2v) is 5.56. The van der Waals surface area contributed by atoms with Crippen LogP contribution in [-0.4, -0.2) is 10.9 Å². The van der Waals surface area contributed by atoms with Crippen LogP contribution in [0.5, 0.6) is 0 Å². The van der Waals surface area contributed by atoms with E-state index in [1.54, 1.807) is 6.20 Å². The minimum Gasteiger partial charge on any atom is -0.439 e. The minimum absolute atomic E-state index is 0.264. The van der Waals surface area contributed by atoms with Crippen molar-refractivity contribution in [2.75, 3.05) is 0 Å². The molecule has 0 fully saturated rings. The highest BCUT2D eigenvalue weighted by atomic mass is 16.4. The molecule has 0 saturated carbocycles. The van der Waals surface area contributed by atoms with Crippen molar-refractivity contribution in [3.05, 3.63) is 78.3 Å². The van der Waals surface area contributed by atoms with Gasteiger partial charge in [0.15, 0.2) is 5.76 Å². The van der Waals surface area contributed by atoms with Crippen molar-refractivity contribution in [2.45, 2.75) is 19.0 Å². The van der Waals surface area contributed by atoms with Crippen LogP contribution in [-0.2, 0) is 4.79 Å². The molecule has 2 atom stereocenters. The number of nitrogens with one attached hydrogen (secondary N) is 1. The Hall–Kier alpha value is -2.92. The molecule has 1 amide bonds. The van der Waals surface area contributed by atoms with Crippen LogP contribution in [0.4, 0.5) is 0 Å². The quantitative estimate of drug-likeness (QED) is 0.730. The molecule has 2 aromatic carbocycles. The van der Waals surface area contributed by atoms with E-state index in [0.717, 1.165) is 11.1 Å². The Morgan fingerprint density at radius 1 is 1.08 bits per heavy atom. The maximum atomic E-state index is 11.8. The van der Waals surface area contributed by atoms with Crippen molar-refractivity contribution in [3.8, 4) is 11.3 Å². The van der Waals surface area contributed by atoms with Gasteiger partial charge in [0.2, 0.25) is 11.8 Å². The fraction of sp³-hybridized carbons (Fsp3) is 0.158. The molecule has 0 aliphatic rings. The third kappa shape index (κ3) is 3.52. The molecular formula is C19H19N3O2. The molecule has 0 bridgehead atoms. The molecule has 0 spiro atoms. The lowest BCUT2D eigenvalue weighted by Gasteiger charge is -2.19. The topological polar surface area (TPSA) is 81.1 Å². The summed E-state index contributed by atoms with van der Waals surface area (Å²) in [6.45, 7) is 1.89. The van der Waals surface area contributed by atoms with Crippen LogP contribution in [0.2, 0.25) is 0 Å². The summed E-state index contributed by atoms with van der Waals surface area (Å²) < 4.78 is 5.82. The van der Waals surface area contributed by atoms with Crippen LogP contribution in [0.3, 0.4) is 0 Å². The van der Waals surface area contributed by atoms with Crippen LogP contribution in [0.15, 0.2) is 71.3 Å². The van der Waals surface area contributed by atoms with Gasteiger partial charge in [-0.15, -0.1) is 0 Å².